The molecule has 0 spiro atoms. The molecule has 0 radical (unpaired) electrons. The number of pyridine rings is 1. The number of ether oxygens (including phenoxy) is 2. The first-order chi connectivity index (χ1) is 9.06. The number of carbonyl (C=O) groups excluding carboxylic acids is 1. The van der Waals surface area contributed by atoms with Crippen molar-refractivity contribution < 1.29 is 18.7 Å². The quantitative estimate of drug-likeness (QED) is 0.811. The highest BCUT2D eigenvalue weighted by atomic mass is 79.9. The van der Waals surface area contributed by atoms with E-state index in [-0.39, 0.29) is 11.2 Å². The smallest absolute Gasteiger partial charge is 0.356 e. The second kappa shape index (κ2) is 5.52. The molecule has 6 heteroatoms. The molecular formula is C13H11BrFNO3. The zero-order valence-electron chi connectivity index (χ0n) is 10.4. The van der Waals surface area contributed by atoms with Crippen LogP contribution in [-0.2, 0) is 4.74 Å². The van der Waals surface area contributed by atoms with Crippen LogP contribution in [0.3, 0.4) is 0 Å². The van der Waals surface area contributed by atoms with Crippen LogP contribution in [0.25, 0.3) is 10.9 Å². The van der Waals surface area contributed by atoms with Crippen molar-refractivity contribution in [1.82, 2.24) is 4.98 Å². The summed E-state index contributed by atoms with van der Waals surface area (Å²) in [6.45, 7) is 2.20. The standard InChI is InChI=1S/C13H11BrFNO3/c1-3-19-11-6-10(13(17)18-2)16-12-8(11)4-7(14)5-9(12)15/h4-6H,3H2,1-2H3. The molecule has 0 saturated heterocycles. The van der Waals surface area contributed by atoms with Gasteiger partial charge in [0.15, 0.2) is 11.5 Å². The van der Waals surface area contributed by atoms with Crippen LogP contribution < -0.4 is 4.74 Å². The van der Waals surface area contributed by atoms with E-state index in [4.69, 9.17) is 4.74 Å². The van der Waals surface area contributed by atoms with Crippen molar-refractivity contribution in [2.75, 3.05) is 13.7 Å². The van der Waals surface area contributed by atoms with E-state index < -0.39 is 11.8 Å². The van der Waals surface area contributed by atoms with Gasteiger partial charge in [0.05, 0.1) is 13.7 Å². The number of nitrogens with zero attached hydrogens (tertiary/aromatic N) is 1. The zero-order chi connectivity index (χ0) is 14.0. The summed E-state index contributed by atoms with van der Waals surface area (Å²) in [6, 6.07) is 4.42. The Morgan fingerprint density at radius 2 is 2.16 bits per heavy atom. The van der Waals surface area contributed by atoms with Crippen LogP contribution in [-0.4, -0.2) is 24.7 Å². The van der Waals surface area contributed by atoms with Gasteiger partial charge in [-0.3, -0.25) is 0 Å². The molecular weight excluding hydrogens is 317 g/mol. The van der Waals surface area contributed by atoms with E-state index in [0.29, 0.717) is 22.2 Å². The third-order valence-corrected chi connectivity index (χ3v) is 2.95. The molecule has 0 aliphatic rings. The molecule has 0 amide bonds. The van der Waals surface area contributed by atoms with Crippen LogP contribution >= 0.6 is 15.9 Å². The summed E-state index contributed by atoms with van der Waals surface area (Å²) >= 11 is 3.21. The van der Waals surface area contributed by atoms with Gasteiger partial charge in [-0.1, -0.05) is 15.9 Å². The molecule has 0 unspecified atom stereocenters. The third-order valence-electron chi connectivity index (χ3n) is 2.49. The molecule has 0 saturated carbocycles. The number of hydrogen-bond acceptors (Lipinski definition) is 4. The lowest BCUT2D eigenvalue weighted by molar-refractivity contribution is 0.0594. The molecule has 2 rings (SSSR count). The van der Waals surface area contributed by atoms with Crippen molar-refractivity contribution >= 4 is 32.8 Å². The summed E-state index contributed by atoms with van der Waals surface area (Å²) in [5, 5.41) is 0.501. The van der Waals surface area contributed by atoms with Crippen molar-refractivity contribution in [3.63, 3.8) is 0 Å². The van der Waals surface area contributed by atoms with Crippen LogP contribution in [0.15, 0.2) is 22.7 Å². The Kier molecular flexibility index (Phi) is 3.99. The summed E-state index contributed by atoms with van der Waals surface area (Å²) in [7, 11) is 1.24. The van der Waals surface area contributed by atoms with E-state index >= 15 is 0 Å². The monoisotopic (exact) mass is 327 g/mol. The minimum absolute atomic E-state index is 0.0136. The summed E-state index contributed by atoms with van der Waals surface area (Å²) < 4.78 is 24.5. The van der Waals surface area contributed by atoms with Crippen molar-refractivity contribution in [3.8, 4) is 5.75 Å². The van der Waals surface area contributed by atoms with Gasteiger partial charge in [-0.15, -0.1) is 0 Å². The highest BCUT2D eigenvalue weighted by Crippen LogP contribution is 2.30. The number of rotatable bonds is 3. The largest absolute Gasteiger partial charge is 0.493 e. The Labute approximate surface area is 117 Å². The average Bonchev–Trinajstić information content (AvgIpc) is 2.38. The maximum absolute atomic E-state index is 13.9. The average molecular weight is 328 g/mol. The Morgan fingerprint density at radius 1 is 1.42 bits per heavy atom. The molecule has 0 fully saturated rings. The van der Waals surface area contributed by atoms with Gasteiger partial charge in [0, 0.05) is 15.9 Å². The van der Waals surface area contributed by atoms with Crippen LogP contribution in [0.1, 0.15) is 17.4 Å². The Bertz CT molecular complexity index is 645. The molecule has 0 aliphatic heterocycles. The zero-order valence-corrected chi connectivity index (χ0v) is 12.0. The minimum Gasteiger partial charge on any atom is -0.493 e. The minimum atomic E-state index is -0.634. The summed E-state index contributed by atoms with van der Waals surface area (Å²) in [4.78, 5) is 15.5. The maximum atomic E-state index is 13.9. The van der Waals surface area contributed by atoms with Gasteiger partial charge in [0.1, 0.15) is 11.3 Å². The maximum Gasteiger partial charge on any atom is 0.356 e. The first kappa shape index (κ1) is 13.7. The second-order valence-electron chi connectivity index (χ2n) is 3.71. The topological polar surface area (TPSA) is 48.4 Å². The lowest BCUT2D eigenvalue weighted by atomic mass is 10.1. The van der Waals surface area contributed by atoms with Crippen LogP contribution in [0.5, 0.6) is 5.75 Å². The third kappa shape index (κ3) is 2.68. The molecule has 0 N–H and O–H groups in total. The van der Waals surface area contributed by atoms with E-state index in [1.165, 1.54) is 19.2 Å². The fraction of sp³-hybridized carbons (Fsp3) is 0.231. The SMILES string of the molecule is CCOc1cc(C(=O)OC)nc2c(F)cc(Br)cc12. The van der Waals surface area contributed by atoms with Crippen LogP contribution in [0.2, 0.25) is 0 Å². The van der Waals surface area contributed by atoms with Gasteiger partial charge in [-0.05, 0) is 19.1 Å². The molecule has 0 bridgehead atoms. The number of methoxy groups -OCH3 is 1. The van der Waals surface area contributed by atoms with Crippen LogP contribution in [0.4, 0.5) is 4.39 Å². The molecule has 0 aliphatic carbocycles. The fourth-order valence-corrected chi connectivity index (χ4v) is 2.14. The normalized spacial score (nSPS) is 10.5. The van der Waals surface area contributed by atoms with E-state index in [2.05, 4.69) is 25.7 Å². The van der Waals surface area contributed by atoms with E-state index in [9.17, 15) is 9.18 Å². The van der Waals surface area contributed by atoms with Gasteiger partial charge in [0.2, 0.25) is 0 Å². The molecule has 1 heterocycles. The predicted molar refractivity (Wildman–Crippen MR) is 71.9 cm³/mol. The number of hydrogen-bond donors (Lipinski definition) is 0. The summed E-state index contributed by atoms with van der Waals surface area (Å²) in [6.07, 6.45) is 0. The molecule has 1 aromatic heterocycles. The Hall–Kier alpha value is -1.69. The number of carbonyl (C=O) groups is 1. The predicted octanol–water partition coefficient (Wildman–Crippen LogP) is 3.32. The highest BCUT2D eigenvalue weighted by Gasteiger charge is 2.16. The highest BCUT2D eigenvalue weighted by molar-refractivity contribution is 9.10. The number of aromatic nitrogens is 1. The molecule has 0 atom stereocenters. The molecule has 19 heavy (non-hydrogen) atoms. The van der Waals surface area contributed by atoms with Crippen molar-refractivity contribution in [1.29, 1.82) is 0 Å². The lowest BCUT2D eigenvalue weighted by Gasteiger charge is -2.10. The van der Waals surface area contributed by atoms with Crippen molar-refractivity contribution in [2.24, 2.45) is 0 Å². The Balaban J connectivity index is 2.75. The van der Waals surface area contributed by atoms with Gasteiger partial charge in [0.25, 0.3) is 0 Å². The fourth-order valence-electron chi connectivity index (χ4n) is 1.71. The lowest BCUT2D eigenvalue weighted by Crippen LogP contribution is -2.06. The molecule has 1 aromatic carbocycles. The molecule has 100 valence electrons. The Morgan fingerprint density at radius 3 is 2.79 bits per heavy atom. The summed E-state index contributed by atoms with van der Waals surface area (Å²) in [5.74, 6) is -0.769. The van der Waals surface area contributed by atoms with Gasteiger partial charge in [-0.25, -0.2) is 14.2 Å². The van der Waals surface area contributed by atoms with E-state index in [1.807, 2.05) is 0 Å². The number of benzene rings is 1. The van der Waals surface area contributed by atoms with Gasteiger partial charge in [-0.2, -0.15) is 0 Å². The van der Waals surface area contributed by atoms with Crippen molar-refractivity contribution in [3.05, 3.63) is 34.2 Å². The first-order valence-corrected chi connectivity index (χ1v) is 6.37. The van der Waals surface area contributed by atoms with Crippen LogP contribution in [0, 0.1) is 5.82 Å². The second-order valence-corrected chi connectivity index (χ2v) is 4.63. The van der Waals surface area contributed by atoms with Crippen molar-refractivity contribution in [2.45, 2.75) is 6.92 Å². The number of esters is 1. The van der Waals surface area contributed by atoms with Gasteiger partial charge >= 0.3 is 5.97 Å². The first-order valence-electron chi connectivity index (χ1n) is 5.57. The number of halogens is 2. The van der Waals surface area contributed by atoms with Gasteiger partial charge < -0.3 is 9.47 Å². The number of fused-ring (bicyclic) bond motifs is 1. The molecule has 4 nitrogen and oxygen atoms in total. The summed E-state index contributed by atoms with van der Waals surface area (Å²) in [5.41, 5.74) is 0.0919. The van der Waals surface area contributed by atoms with E-state index in [0.717, 1.165) is 0 Å². The molecule has 2 aromatic rings. The van der Waals surface area contributed by atoms with E-state index in [1.54, 1.807) is 13.0 Å².